The lowest BCUT2D eigenvalue weighted by Crippen LogP contribution is -1.92. The number of halogens is 1. The minimum Gasteiger partial charge on any atom is -0.285 e. The van der Waals surface area contributed by atoms with E-state index in [1.807, 2.05) is 60.9 Å². The van der Waals surface area contributed by atoms with Crippen LogP contribution in [0, 0.1) is 0 Å². The molecule has 4 aromatic rings. The zero-order chi connectivity index (χ0) is 18.6. The van der Waals surface area contributed by atoms with E-state index in [1.54, 1.807) is 12.1 Å². The third-order valence-corrected chi connectivity index (χ3v) is 4.62. The minimum atomic E-state index is 0.470. The van der Waals surface area contributed by atoms with E-state index in [4.69, 9.17) is 16.6 Å². The van der Waals surface area contributed by atoms with Crippen molar-refractivity contribution in [2.45, 2.75) is 0 Å². The van der Waals surface area contributed by atoms with Crippen molar-refractivity contribution in [3.63, 3.8) is 0 Å². The smallest absolute Gasteiger partial charge is 0.233 e. The van der Waals surface area contributed by atoms with E-state index >= 15 is 0 Å². The van der Waals surface area contributed by atoms with Crippen LogP contribution in [-0.2, 0) is 4.79 Å². The third-order valence-electron chi connectivity index (χ3n) is 4.37. The Morgan fingerprint density at radius 3 is 1.67 bits per heavy atom. The van der Waals surface area contributed by atoms with Gasteiger partial charge in [-0.15, -0.1) is 0 Å². The summed E-state index contributed by atoms with van der Waals surface area (Å²) in [5.41, 5.74) is 6.07. The molecule has 0 aliphatic heterocycles. The molecular weight excluding hydrogens is 354 g/mol. The normalized spacial score (nSPS) is 10.6. The summed E-state index contributed by atoms with van der Waals surface area (Å²) in [7, 11) is 0. The molecule has 129 valence electrons. The molecule has 3 aromatic carbocycles. The molecule has 1 radical (unpaired) electrons. The Hall–Kier alpha value is -3.23. The zero-order valence-corrected chi connectivity index (χ0v) is 15.1. The Morgan fingerprint density at radius 1 is 0.630 bits per heavy atom. The summed E-state index contributed by atoms with van der Waals surface area (Å²) in [6, 6.07) is 29.2. The lowest BCUT2D eigenvalue weighted by Gasteiger charge is -2.08. The topological polar surface area (TPSA) is 30.0 Å². The van der Waals surface area contributed by atoms with Crippen LogP contribution in [0.4, 0.5) is 0 Å². The predicted octanol–water partition coefficient (Wildman–Crippen LogP) is 6.19. The molecule has 0 aliphatic rings. The molecular formula is C24H15ClNO. The van der Waals surface area contributed by atoms with Crippen LogP contribution in [0.25, 0.3) is 33.6 Å². The molecule has 3 heteroatoms. The standard InChI is InChI=1S/C24H15ClNO/c25-22-12-10-21(11-13-22)24-15-17(16-27)14-23(26-24)20-8-6-19(7-9-20)18-4-2-1-3-5-18/h1-15H. The molecule has 0 N–H and O–H groups in total. The molecule has 4 rings (SSSR count). The number of hydrogen-bond acceptors (Lipinski definition) is 2. The predicted molar refractivity (Wildman–Crippen MR) is 110 cm³/mol. The van der Waals surface area contributed by atoms with E-state index in [0.717, 1.165) is 33.6 Å². The second kappa shape index (κ2) is 7.56. The average Bonchev–Trinajstić information content (AvgIpc) is 2.74. The Labute approximate surface area is 163 Å². The first-order chi connectivity index (χ1) is 13.2. The highest BCUT2D eigenvalue weighted by Gasteiger charge is 2.08. The summed E-state index contributed by atoms with van der Waals surface area (Å²) in [5.74, 6) is 0. The van der Waals surface area contributed by atoms with Crippen LogP contribution in [0.2, 0.25) is 5.02 Å². The number of carbonyl (C=O) groups excluding carboxylic acids is 1. The molecule has 0 saturated heterocycles. The van der Waals surface area contributed by atoms with Crippen molar-refractivity contribution in [1.29, 1.82) is 0 Å². The largest absolute Gasteiger partial charge is 0.285 e. The number of hydrogen-bond donors (Lipinski definition) is 0. The van der Waals surface area contributed by atoms with Crippen molar-refractivity contribution in [3.8, 4) is 33.6 Å². The highest BCUT2D eigenvalue weighted by Crippen LogP contribution is 2.27. The molecule has 0 amide bonds. The number of rotatable bonds is 4. The summed E-state index contributed by atoms with van der Waals surface area (Å²) in [4.78, 5) is 16.0. The molecule has 0 bridgehead atoms. The maximum absolute atomic E-state index is 11.3. The van der Waals surface area contributed by atoms with E-state index in [2.05, 4.69) is 24.3 Å². The summed E-state index contributed by atoms with van der Waals surface area (Å²) in [5, 5.41) is 0.661. The van der Waals surface area contributed by atoms with E-state index in [-0.39, 0.29) is 0 Å². The van der Waals surface area contributed by atoms with Crippen LogP contribution in [0.5, 0.6) is 0 Å². The fourth-order valence-electron chi connectivity index (χ4n) is 2.97. The van der Waals surface area contributed by atoms with Gasteiger partial charge >= 0.3 is 0 Å². The molecule has 1 aromatic heterocycles. The first-order valence-corrected chi connectivity index (χ1v) is 8.93. The Morgan fingerprint density at radius 2 is 1.11 bits per heavy atom. The number of aromatic nitrogens is 1. The Balaban J connectivity index is 1.74. The quantitative estimate of drug-likeness (QED) is 0.429. The first kappa shape index (κ1) is 17.2. The van der Waals surface area contributed by atoms with Crippen LogP contribution in [0.15, 0.2) is 91.0 Å². The van der Waals surface area contributed by atoms with Crippen molar-refractivity contribution in [3.05, 3.63) is 102 Å². The van der Waals surface area contributed by atoms with E-state index in [0.29, 0.717) is 10.6 Å². The second-order valence-corrected chi connectivity index (χ2v) is 6.62. The van der Waals surface area contributed by atoms with Gasteiger partial charge in [-0.1, -0.05) is 78.3 Å². The molecule has 27 heavy (non-hydrogen) atoms. The van der Waals surface area contributed by atoms with Crippen molar-refractivity contribution in [1.82, 2.24) is 4.98 Å². The van der Waals surface area contributed by atoms with Gasteiger partial charge in [0.1, 0.15) is 0 Å². The average molecular weight is 369 g/mol. The van der Waals surface area contributed by atoms with Gasteiger partial charge in [0.15, 0.2) is 0 Å². The molecule has 0 saturated carbocycles. The van der Waals surface area contributed by atoms with Crippen molar-refractivity contribution in [2.75, 3.05) is 0 Å². The molecule has 0 unspecified atom stereocenters. The van der Waals surface area contributed by atoms with Crippen LogP contribution in [0.3, 0.4) is 0 Å². The highest BCUT2D eigenvalue weighted by atomic mass is 35.5. The van der Waals surface area contributed by atoms with Gasteiger partial charge in [-0.25, -0.2) is 4.98 Å². The number of pyridine rings is 1. The van der Waals surface area contributed by atoms with Crippen LogP contribution < -0.4 is 0 Å². The van der Waals surface area contributed by atoms with E-state index < -0.39 is 0 Å². The van der Waals surface area contributed by atoms with Crippen LogP contribution in [-0.4, -0.2) is 11.3 Å². The zero-order valence-electron chi connectivity index (χ0n) is 14.4. The van der Waals surface area contributed by atoms with Gasteiger partial charge in [0.2, 0.25) is 6.29 Å². The second-order valence-electron chi connectivity index (χ2n) is 6.18. The van der Waals surface area contributed by atoms with Gasteiger partial charge in [-0.3, -0.25) is 4.79 Å². The van der Waals surface area contributed by atoms with Crippen molar-refractivity contribution >= 4 is 17.9 Å². The molecule has 1 heterocycles. The molecule has 0 aliphatic carbocycles. The SMILES string of the molecule is O=[C]c1cc(-c2ccc(Cl)cc2)nc(-c2ccc(-c3ccccc3)cc2)c1. The summed E-state index contributed by atoms with van der Waals surface area (Å²) in [6.07, 6.45) is 1.98. The van der Waals surface area contributed by atoms with Gasteiger partial charge in [-0.05, 0) is 35.4 Å². The molecule has 0 atom stereocenters. The van der Waals surface area contributed by atoms with Gasteiger partial charge < -0.3 is 0 Å². The summed E-state index contributed by atoms with van der Waals surface area (Å²) >= 11 is 5.97. The summed E-state index contributed by atoms with van der Waals surface area (Å²) < 4.78 is 0. The van der Waals surface area contributed by atoms with E-state index in [1.165, 1.54) is 0 Å². The fraction of sp³-hybridized carbons (Fsp3) is 0. The molecule has 2 nitrogen and oxygen atoms in total. The first-order valence-electron chi connectivity index (χ1n) is 8.55. The van der Waals surface area contributed by atoms with Gasteiger partial charge in [0, 0.05) is 21.7 Å². The molecule has 0 fully saturated rings. The minimum absolute atomic E-state index is 0.470. The van der Waals surface area contributed by atoms with Crippen molar-refractivity contribution < 1.29 is 4.79 Å². The van der Waals surface area contributed by atoms with Crippen molar-refractivity contribution in [2.24, 2.45) is 0 Å². The lowest BCUT2D eigenvalue weighted by atomic mass is 10.0. The maximum atomic E-state index is 11.3. The summed E-state index contributed by atoms with van der Waals surface area (Å²) in [6.45, 7) is 0. The Bertz CT molecular complexity index is 1070. The fourth-order valence-corrected chi connectivity index (χ4v) is 3.10. The molecule has 0 spiro atoms. The Kier molecular flexibility index (Phi) is 4.82. The van der Waals surface area contributed by atoms with Crippen LogP contribution >= 0.6 is 11.6 Å². The third kappa shape index (κ3) is 3.81. The highest BCUT2D eigenvalue weighted by molar-refractivity contribution is 6.30. The maximum Gasteiger partial charge on any atom is 0.233 e. The monoisotopic (exact) mass is 368 g/mol. The van der Waals surface area contributed by atoms with Gasteiger partial charge in [0.25, 0.3) is 0 Å². The lowest BCUT2D eigenvalue weighted by molar-refractivity contribution is 0.562. The van der Waals surface area contributed by atoms with Gasteiger partial charge in [0.05, 0.1) is 11.4 Å². The van der Waals surface area contributed by atoms with Gasteiger partial charge in [-0.2, -0.15) is 0 Å². The van der Waals surface area contributed by atoms with Crippen LogP contribution in [0.1, 0.15) is 5.56 Å². The number of nitrogens with zero attached hydrogens (tertiary/aromatic N) is 1. The number of benzene rings is 3. The van der Waals surface area contributed by atoms with E-state index in [9.17, 15) is 4.79 Å².